The highest BCUT2D eigenvalue weighted by atomic mass is 19.1. The number of pyridine rings is 1. The topological polar surface area (TPSA) is 63.2 Å². The number of nitrogens with one attached hydrogen (secondary N) is 2. The molecule has 0 fully saturated rings. The summed E-state index contributed by atoms with van der Waals surface area (Å²) in [4.78, 5) is 16.3. The van der Waals surface area contributed by atoms with Gasteiger partial charge in [-0.25, -0.2) is 9.37 Å². The summed E-state index contributed by atoms with van der Waals surface area (Å²) in [5.41, 5.74) is 2.28. The van der Waals surface area contributed by atoms with E-state index >= 15 is 0 Å². The molecule has 3 rings (SSSR count). The van der Waals surface area contributed by atoms with Crippen LogP contribution in [-0.2, 0) is 17.8 Å². The monoisotopic (exact) mass is 379 g/mol. The molecule has 1 aromatic heterocycles. The Morgan fingerprint density at radius 2 is 1.96 bits per heavy atom. The first-order chi connectivity index (χ1) is 13.6. The summed E-state index contributed by atoms with van der Waals surface area (Å²) in [6, 6.07) is 17.7. The predicted octanol–water partition coefficient (Wildman–Crippen LogP) is 4.41. The fraction of sp³-hybridized carbons (Fsp3) is 0.182. The highest BCUT2D eigenvalue weighted by molar-refractivity contribution is 5.91. The molecule has 3 aromatic rings. The average molecular weight is 379 g/mol. The van der Waals surface area contributed by atoms with Crippen LogP contribution in [0.4, 0.5) is 15.9 Å². The lowest BCUT2D eigenvalue weighted by Crippen LogP contribution is -2.20. The van der Waals surface area contributed by atoms with Crippen molar-refractivity contribution in [2.75, 3.05) is 17.2 Å². The van der Waals surface area contributed by atoms with Gasteiger partial charge in [-0.05, 0) is 42.3 Å². The zero-order chi connectivity index (χ0) is 19.8. The highest BCUT2D eigenvalue weighted by Crippen LogP contribution is 2.15. The third kappa shape index (κ3) is 5.54. The van der Waals surface area contributed by atoms with Gasteiger partial charge >= 0.3 is 0 Å². The Balaban J connectivity index is 1.48. The maximum absolute atomic E-state index is 13.6. The van der Waals surface area contributed by atoms with E-state index in [2.05, 4.69) is 22.5 Å². The minimum atomic E-state index is -0.268. The van der Waals surface area contributed by atoms with Crippen molar-refractivity contribution in [2.45, 2.75) is 19.9 Å². The highest BCUT2D eigenvalue weighted by Gasteiger charge is 2.06. The van der Waals surface area contributed by atoms with Gasteiger partial charge in [-0.15, -0.1) is 0 Å². The first kappa shape index (κ1) is 19.4. The van der Waals surface area contributed by atoms with E-state index in [-0.39, 0.29) is 18.3 Å². The molecule has 0 saturated heterocycles. The number of hydrogen-bond donors (Lipinski definition) is 2. The minimum Gasteiger partial charge on any atom is -0.484 e. The van der Waals surface area contributed by atoms with Crippen molar-refractivity contribution in [3.05, 3.63) is 83.8 Å². The molecule has 144 valence electrons. The van der Waals surface area contributed by atoms with Crippen LogP contribution < -0.4 is 15.4 Å². The van der Waals surface area contributed by atoms with Crippen LogP contribution in [0.25, 0.3) is 0 Å². The van der Waals surface area contributed by atoms with Crippen molar-refractivity contribution in [3.63, 3.8) is 0 Å². The second kappa shape index (κ2) is 9.50. The lowest BCUT2D eigenvalue weighted by atomic mass is 10.2. The summed E-state index contributed by atoms with van der Waals surface area (Å²) in [5.74, 6) is 0.730. The summed E-state index contributed by atoms with van der Waals surface area (Å²) in [6.07, 6.45) is 2.45. The number of hydrogen-bond acceptors (Lipinski definition) is 4. The Bertz CT molecular complexity index is 929. The molecule has 1 heterocycles. The molecule has 0 aliphatic heterocycles. The summed E-state index contributed by atoms with van der Waals surface area (Å²) in [6.45, 7) is 2.31. The third-order valence-electron chi connectivity index (χ3n) is 4.14. The van der Waals surface area contributed by atoms with E-state index in [0.717, 1.165) is 12.0 Å². The second-order valence-electron chi connectivity index (χ2n) is 6.21. The fourth-order valence-corrected chi connectivity index (χ4v) is 2.60. The van der Waals surface area contributed by atoms with E-state index in [1.165, 1.54) is 6.07 Å². The smallest absolute Gasteiger partial charge is 0.262 e. The van der Waals surface area contributed by atoms with Gasteiger partial charge in [-0.2, -0.15) is 0 Å². The number of halogens is 1. The maximum atomic E-state index is 13.6. The number of nitrogens with zero attached hydrogens (tertiary/aromatic N) is 1. The number of benzene rings is 2. The molecule has 0 bridgehead atoms. The molecule has 2 aromatic carbocycles. The Hall–Kier alpha value is -3.41. The van der Waals surface area contributed by atoms with Crippen molar-refractivity contribution < 1.29 is 13.9 Å². The second-order valence-corrected chi connectivity index (χ2v) is 6.21. The van der Waals surface area contributed by atoms with Crippen LogP contribution >= 0.6 is 0 Å². The van der Waals surface area contributed by atoms with E-state index in [0.29, 0.717) is 29.4 Å². The number of rotatable bonds is 8. The van der Waals surface area contributed by atoms with Crippen LogP contribution in [-0.4, -0.2) is 17.5 Å². The maximum Gasteiger partial charge on any atom is 0.262 e. The van der Waals surface area contributed by atoms with Crippen molar-refractivity contribution in [1.82, 2.24) is 4.98 Å². The Morgan fingerprint density at radius 3 is 2.71 bits per heavy atom. The van der Waals surface area contributed by atoms with Crippen LogP contribution in [0.15, 0.2) is 66.9 Å². The number of ether oxygens (including phenoxy) is 1. The van der Waals surface area contributed by atoms with Crippen molar-refractivity contribution >= 4 is 17.4 Å². The van der Waals surface area contributed by atoms with Gasteiger partial charge in [0.05, 0.1) is 11.9 Å². The Labute approximate surface area is 163 Å². The molecule has 0 aliphatic carbocycles. The van der Waals surface area contributed by atoms with Gasteiger partial charge < -0.3 is 15.4 Å². The lowest BCUT2D eigenvalue weighted by Gasteiger charge is -2.10. The van der Waals surface area contributed by atoms with E-state index in [1.807, 2.05) is 24.3 Å². The number of carbonyl (C=O) groups excluding carboxylic acids is 1. The van der Waals surface area contributed by atoms with E-state index in [9.17, 15) is 9.18 Å². The number of aryl methyl sites for hydroxylation is 1. The standard InChI is InChI=1S/C22H22FN3O2/c1-2-16-6-5-8-19(12-16)28-15-22(27)26-18-10-11-21(25-14-18)24-13-17-7-3-4-9-20(17)23/h3-12,14H,2,13,15H2,1H3,(H,24,25)(H,26,27). The molecule has 0 unspecified atom stereocenters. The zero-order valence-corrected chi connectivity index (χ0v) is 15.6. The van der Waals surface area contributed by atoms with Crippen LogP contribution in [0.5, 0.6) is 5.75 Å². The lowest BCUT2D eigenvalue weighted by molar-refractivity contribution is -0.118. The van der Waals surface area contributed by atoms with Crippen LogP contribution in [0.3, 0.4) is 0 Å². The normalized spacial score (nSPS) is 10.4. The van der Waals surface area contributed by atoms with Crippen molar-refractivity contribution in [1.29, 1.82) is 0 Å². The molecule has 1 amide bonds. The Kier molecular flexibility index (Phi) is 6.57. The molecule has 2 N–H and O–H groups in total. The van der Waals surface area contributed by atoms with Crippen LogP contribution in [0.2, 0.25) is 0 Å². The van der Waals surface area contributed by atoms with Gasteiger partial charge in [-0.3, -0.25) is 4.79 Å². The quantitative estimate of drug-likeness (QED) is 0.608. The van der Waals surface area contributed by atoms with E-state index in [1.54, 1.807) is 36.5 Å². The van der Waals surface area contributed by atoms with Gasteiger partial charge in [0.15, 0.2) is 6.61 Å². The molecule has 0 atom stereocenters. The van der Waals surface area contributed by atoms with Crippen molar-refractivity contribution in [3.8, 4) is 5.75 Å². The predicted molar refractivity (Wildman–Crippen MR) is 108 cm³/mol. The van der Waals surface area contributed by atoms with E-state index in [4.69, 9.17) is 4.74 Å². The third-order valence-corrected chi connectivity index (χ3v) is 4.14. The molecule has 6 heteroatoms. The molecule has 0 radical (unpaired) electrons. The molecular weight excluding hydrogens is 357 g/mol. The molecule has 0 aliphatic rings. The average Bonchev–Trinajstić information content (AvgIpc) is 2.73. The number of carbonyl (C=O) groups is 1. The Morgan fingerprint density at radius 1 is 1.11 bits per heavy atom. The summed E-state index contributed by atoms with van der Waals surface area (Å²) < 4.78 is 19.1. The SMILES string of the molecule is CCc1cccc(OCC(=O)Nc2ccc(NCc3ccccc3F)nc2)c1. The fourth-order valence-electron chi connectivity index (χ4n) is 2.60. The number of anilines is 2. The van der Waals surface area contributed by atoms with Gasteiger partial charge in [-0.1, -0.05) is 37.3 Å². The molecule has 28 heavy (non-hydrogen) atoms. The van der Waals surface area contributed by atoms with Crippen LogP contribution in [0, 0.1) is 5.82 Å². The minimum absolute atomic E-state index is 0.0829. The molecule has 0 saturated carbocycles. The molecular formula is C22H22FN3O2. The number of amides is 1. The van der Waals surface area contributed by atoms with Crippen molar-refractivity contribution in [2.24, 2.45) is 0 Å². The summed E-state index contributed by atoms with van der Waals surface area (Å²) >= 11 is 0. The van der Waals surface area contributed by atoms with E-state index < -0.39 is 0 Å². The van der Waals surface area contributed by atoms with Gasteiger partial charge in [0.2, 0.25) is 0 Å². The summed E-state index contributed by atoms with van der Waals surface area (Å²) in [5, 5.41) is 5.79. The molecule has 5 nitrogen and oxygen atoms in total. The van der Waals surface area contributed by atoms with Gasteiger partial charge in [0.1, 0.15) is 17.4 Å². The van der Waals surface area contributed by atoms with Gasteiger partial charge in [0, 0.05) is 12.1 Å². The number of aromatic nitrogens is 1. The zero-order valence-electron chi connectivity index (χ0n) is 15.6. The largest absolute Gasteiger partial charge is 0.484 e. The van der Waals surface area contributed by atoms with Gasteiger partial charge in [0.25, 0.3) is 5.91 Å². The molecule has 0 spiro atoms. The first-order valence-corrected chi connectivity index (χ1v) is 9.09. The van der Waals surface area contributed by atoms with Crippen LogP contribution in [0.1, 0.15) is 18.1 Å². The summed E-state index contributed by atoms with van der Waals surface area (Å²) in [7, 11) is 0. The first-order valence-electron chi connectivity index (χ1n) is 9.09.